The number of nitrogens with two attached hydrogens (primary N) is 1. The molecule has 0 saturated heterocycles. The van der Waals surface area contributed by atoms with Gasteiger partial charge in [-0.1, -0.05) is 19.9 Å². The van der Waals surface area contributed by atoms with Crippen LogP contribution < -0.4 is 5.73 Å². The highest BCUT2D eigenvalue weighted by Crippen LogP contribution is 2.06. The molecule has 0 fully saturated rings. The number of halogens is 1. The minimum absolute atomic E-state index is 0.0306. The zero-order valence-corrected chi connectivity index (χ0v) is 10.4. The lowest BCUT2D eigenvalue weighted by Crippen LogP contribution is -2.40. The number of hydrogen-bond donors (Lipinski definition) is 1. The van der Waals surface area contributed by atoms with Crippen molar-refractivity contribution in [2.75, 3.05) is 13.1 Å². The fourth-order valence-corrected chi connectivity index (χ4v) is 1.54. The van der Waals surface area contributed by atoms with E-state index in [1.165, 1.54) is 17.0 Å². The minimum atomic E-state index is -0.732. The van der Waals surface area contributed by atoms with Gasteiger partial charge in [0.15, 0.2) is 0 Å². The van der Waals surface area contributed by atoms with Crippen molar-refractivity contribution in [2.45, 2.75) is 13.8 Å². The van der Waals surface area contributed by atoms with Crippen molar-refractivity contribution in [1.82, 2.24) is 9.88 Å². The van der Waals surface area contributed by atoms with Crippen molar-refractivity contribution < 1.29 is 14.0 Å². The molecule has 0 unspecified atom stereocenters. The highest BCUT2D eigenvalue weighted by atomic mass is 19.1. The summed E-state index contributed by atoms with van der Waals surface area (Å²) in [5.74, 6) is -1.67. The van der Waals surface area contributed by atoms with Crippen molar-refractivity contribution >= 4 is 11.8 Å². The fourth-order valence-electron chi connectivity index (χ4n) is 1.54. The summed E-state index contributed by atoms with van der Waals surface area (Å²) >= 11 is 0. The molecule has 0 aliphatic rings. The molecule has 98 valence electrons. The predicted molar refractivity (Wildman–Crippen MR) is 64.1 cm³/mol. The van der Waals surface area contributed by atoms with Crippen LogP contribution in [-0.4, -0.2) is 34.8 Å². The Morgan fingerprint density at radius 2 is 2.11 bits per heavy atom. The lowest BCUT2D eigenvalue weighted by molar-refractivity contribution is -0.118. The van der Waals surface area contributed by atoms with Crippen LogP contribution in [0.3, 0.4) is 0 Å². The summed E-state index contributed by atoms with van der Waals surface area (Å²) in [6, 6.07) is 3.95. The molecular weight excluding hydrogens is 237 g/mol. The Balaban J connectivity index is 2.90. The van der Waals surface area contributed by atoms with Gasteiger partial charge < -0.3 is 10.6 Å². The van der Waals surface area contributed by atoms with E-state index in [0.29, 0.717) is 6.54 Å². The second-order valence-electron chi connectivity index (χ2n) is 4.39. The monoisotopic (exact) mass is 253 g/mol. The van der Waals surface area contributed by atoms with Gasteiger partial charge in [-0.15, -0.1) is 0 Å². The number of primary amides is 1. The number of nitrogens with zero attached hydrogens (tertiary/aromatic N) is 2. The third-order valence-corrected chi connectivity index (χ3v) is 2.15. The largest absolute Gasteiger partial charge is 0.368 e. The van der Waals surface area contributed by atoms with Gasteiger partial charge in [0.05, 0.1) is 6.54 Å². The number of carbonyl (C=O) groups excluding carboxylic acids is 2. The molecule has 18 heavy (non-hydrogen) atoms. The third kappa shape index (κ3) is 4.12. The number of amides is 2. The van der Waals surface area contributed by atoms with Gasteiger partial charge in [0.2, 0.25) is 11.9 Å². The Morgan fingerprint density at radius 1 is 1.44 bits per heavy atom. The average molecular weight is 253 g/mol. The molecule has 0 bridgehead atoms. The fraction of sp³-hybridized carbons (Fsp3) is 0.417. The van der Waals surface area contributed by atoms with Crippen molar-refractivity contribution in [2.24, 2.45) is 11.7 Å². The molecule has 6 heteroatoms. The Morgan fingerprint density at radius 3 is 2.61 bits per heavy atom. The van der Waals surface area contributed by atoms with E-state index in [9.17, 15) is 14.0 Å². The molecule has 1 aromatic heterocycles. The molecule has 5 nitrogen and oxygen atoms in total. The van der Waals surface area contributed by atoms with Gasteiger partial charge in [-0.25, -0.2) is 4.98 Å². The number of pyridine rings is 1. The second-order valence-corrected chi connectivity index (χ2v) is 4.39. The number of carbonyl (C=O) groups is 2. The molecule has 2 amide bonds. The number of aromatic nitrogens is 1. The number of hydrogen-bond acceptors (Lipinski definition) is 3. The van der Waals surface area contributed by atoms with Gasteiger partial charge in [0.1, 0.15) is 5.69 Å². The van der Waals surface area contributed by atoms with Crippen LogP contribution in [0.15, 0.2) is 18.2 Å². The Kier molecular flexibility index (Phi) is 4.76. The van der Waals surface area contributed by atoms with Crippen LogP contribution in [0.25, 0.3) is 0 Å². The first-order valence-electron chi connectivity index (χ1n) is 5.60. The van der Waals surface area contributed by atoms with E-state index in [0.717, 1.165) is 6.07 Å². The topological polar surface area (TPSA) is 76.3 Å². The zero-order chi connectivity index (χ0) is 13.7. The molecule has 1 rings (SSSR count). The molecule has 0 aliphatic carbocycles. The van der Waals surface area contributed by atoms with E-state index in [4.69, 9.17) is 5.73 Å². The van der Waals surface area contributed by atoms with Crippen molar-refractivity contribution in [1.29, 1.82) is 0 Å². The van der Waals surface area contributed by atoms with Gasteiger partial charge in [0, 0.05) is 6.54 Å². The molecule has 1 aromatic rings. The lowest BCUT2D eigenvalue weighted by atomic mass is 10.2. The van der Waals surface area contributed by atoms with Crippen molar-refractivity contribution in [3.63, 3.8) is 0 Å². The summed E-state index contributed by atoms with van der Waals surface area (Å²) in [4.78, 5) is 27.8. The average Bonchev–Trinajstić information content (AvgIpc) is 2.26. The van der Waals surface area contributed by atoms with E-state index >= 15 is 0 Å². The quantitative estimate of drug-likeness (QED) is 0.789. The van der Waals surface area contributed by atoms with Gasteiger partial charge in [0.25, 0.3) is 5.91 Å². The maximum absolute atomic E-state index is 12.9. The highest BCUT2D eigenvalue weighted by Gasteiger charge is 2.20. The number of rotatable bonds is 5. The van der Waals surface area contributed by atoms with Crippen LogP contribution >= 0.6 is 0 Å². The smallest absolute Gasteiger partial charge is 0.273 e. The Labute approximate surface area is 105 Å². The zero-order valence-electron chi connectivity index (χ0n) is 10.4. The van der Waals surface area contributed by atoms with Gasteiger partial charge in [-0.05, 0) is 18.1 Å². The van der Waals surface area contributed by atoms with E-state index in [2.05, 4.69) is 4.98 Å². The van der Waals surface area contributed by atoms with Gasteiger partial charge in [-0.3, -0.25) is 9.59 Å². The first kappa shape index (κ1) is 14.1. The van der Waals surface area contributed by atoms with Crippen LogP contribution in [0.4, 0.5) is 4.39 Å². The van der Waals surface area contributed by atoms with E-state index in [-0.39, 0.29) is 18.2 Å². The van der Waals surface area contributed by atoms with Crippen LogP contribution in [0, 0.1) is 11.9 Å². The predicted octanol–water partition coefficient (Wildman–Crippen LogP) is 0.804. The molecule has 0 aromatic carbocycles. The highest BCUT2D eigenvalue weighted by molar-refractivity contribution is 5.94. The molecular formula is C12H16FN3O2. The minimum Gasteiger partial charge on any atom is -0.368 e. The van der Waals surface area contributed by atoms with Gasteiger partial charge >= 0.3 is 0 Å². The van der Waals surface area contributed by atoms with Crippen molar-refractivity contribution in [3.05, 3.63) is 29.8 Å². The van der Waals surface area contributed by atoms with E-state index in [1.54, 1.807) is 0 Å². The summed E-state index contributed by atoms with van der Waals surface area (Å²) in [7, 11) is 0. The summed E-state index contributed by atoms with van der Waals surface area (Å²) in [6.07, 6.45) is 0. The van der Waals surface area contributed by atoms with Gasteiger partial charge in [-0.2, -0.15) is 4.39 Å². The summed E-state index contributed by atoms with van der Waals surface area (Å²) in [5.41, 5.74) is 5.06. The third-order valence-electron chi connectivity index (χ3n) is 2.15. The summed E-state index contributed by atoms with van der Waals surface area (Å²) in [6.45, 7) is 3.97. The van der Waals surface area contributed by atoms with Crippen LogP contribution in [0.1, 0.15) is 24.3 Å². The van der Waals surface area contributed by atoms with Crippen LogP contribution in [-0.2, 0) is 4.79 Å². The first-order valence-corrected chi connectivity index (χ1v) is 5.60. The lowest BCUT2D eigenvalue weighted by Gasteiger charge is -2.22. The molecule has 2 N–H and O–H groups in total. The van der Waals surface area contributed by atoms with Crippen molar-refractivity contribution in [3.8, 4) is 0 Å². The molecule has 0 radical (unpaired) electrons. The molecule has 0 spiro atoms. The summed E-state index contributed by atoms with van der Waals surface area (Å²) in [5, 5.41) is 0. The first-order chi connectivity index (χ1) is 8.40. The standard InChI is InChI=1S/C12H16FN3O2/c1-8(2)6-16(7-11(14)17)12(18)9-4-3-5-10(13)15-9/h3-5,8H,6-7H2,1-2H3,(H2,14,17). The van der Waals surface area contributed by atoms with E-state index < -0.39 is 17.8 Å². The SMILES string of the molecule is CC(C)CN(CC(N)=O)C(=O)c1cccc(F)n1. The normalized spacial score (nSPS) is 10.4. The molecule has 1 heterocycles. The van der Waals surface area contributed by atoms with Crippen LogP contribution in [0.5, 0.6) is 0 Å². The Hall–Kier alpha value is -1.98. The summed E-state index contributed by atoms with van der Waals surface area (Å²) < 4.78 is 12.9. The second kappa shape index (κ2) is 6.09. The Bertz CT molecular complexity index is 449. The molecule has 0 atom stereocenters. The van der Waals surface area contributed by atoms with Crippen LogP contribution in [0.2, 0.25) is 0 Å². The molecule has 0 aliphatic heterocycles. The van der Waals surface area contributed by atoms with E-state index in [1.807, 2.05) is 13.8 Å². The molecule has 0 saturated carbocycles. The maximum atomic E-state index is 12.9. The maximum Gasteiger partial charge on any atom is 0.273 e.